The van der Waals surface area contributed by atoms with E-state index in [-0.39, 0.29) is 11.4 Å². The molecule has 0 spiro atoms. The smallest absolute Gasteiger partial charge is 0.261 e. The van der Waals surface area contributed by atoms with Gasteiger partial charge in [-0.1, -0.05) is 17.7 Å². The van der Waals surface area contributed by atoms with Crippen LogP contribution in [0.5, 0.6) is 0 Å². The molecule has 0 aliphatic carbocycles. The lowest BCUT2D eigenvalue weighted by Crippen LogP contribution is -2.33. The van der Waals surface area contributed by atoms with Crippen molar-refractivity contribution in [3.63, 3.8) is 0 Å². The van der Waals surface area contributed by atoms with Crippen molar-refractivity contribution < 1.29 is 12.8 Å². The molecule has 0 N–H and O–H groups in total. The second-order valence-corrected chi connectivity index (χ2v) is 9.47. The number of hydrogen-bond donors (Lipinski definition) is 0. The maximum Gasteiger partial charge on any atom is 0.264 e. The monoisotopic (exact) mass is 499 g/mol. The molecule has 1 heterocycles. The summed E-state index contributed by atoms with van der Waals surface area (Å²) in [6.07, 6.45) is 0. The molecule has 0 amide bonds. The topological polar surface area (TPSA) is 37.4 Å². The van der Waals surface area contributed by atoms with Gasteiger partial charge in [-0.2, -0.15) is 0 Å². The molecule has 0 bridgehead atoms. The zero-order chi connectivity index (χ0) is 18.5. The van der Waals surface area contributed by atoms with Crippen LogP contribution in [-0.4, -0.2) is 8.42 Å². The average molecular weight is 500 g/mol. The third-order valence-electron chi connectivity index (χ3n) is 4.30. The Labute approximate surface area is 169 Å². The van der Waals surface area contributed by atoms with Gasteiger partial charge in [0.05, 0.1) is 17.1 Å². The Kier molecular flexibility index (Phi) is 4.45. The van der Waals surface area contributed by atoms with E-state index in [9.17, 15) is 12.8 Å². The Bertz CT molecular complexity index is 1120. The van der Waals surface area contributed by atoms with Gasteiger partial charge in [0, 0.05) is 14.2 Å². The normalized spacial score (nSPS) is 13.3. The fraction of sp³-hybridized carbons (Fsp3) is 0.0526. The lowest BCUT2D eigenvalue weighted by atomic mass is 9.95. The first-order valence-electron chi connectivity index (χ1n) is 7.73. The summed E-state index contributed by atoms with van der Waals surface area (Å²) in [5, 5.41) is 0.463. The van der Waals surface area contributed by atoms with Gasteiger partial charge in [0.1, 0.15) is 5.82 Å². The molecule has 0 radical (unpaired) electrons. The summed E-state index contributed by atoms with van der Waals surface area (Å²) < 4.78 is 42.6. The number of hydrogen-bond acceptors (Lipinski definition) is 2. The third-order valence-corrected chi connectivity index (χ3v) is 7.00. The number of halogens is 3. The van der Waals surface area contributed by atoms with Gasteiger partial charge in [0.15, 0.2) is 0 Å². The van der Waals surface area contributed by atoms with E-state index in [4.69, 9.17) is 11.6 Å². The lowest BCUT2D eigenvalue weighted by Gasteiger charge is -2.32. The van der Waals surface area contributed by atoms with E-state index >= 15 is 0 Å². The van der Waals surface area contributed by atoms with Crippen molar-refractivity contribution in [2.75, 3.05) is 4.31 Å². The van der Waals surface area contributed by atoms with Gasteiger partial charge in [-0.05, 0) is 88.3 Å². The van der Waals surface area contributed by atoms with Crippen molar-refractivity contribution in [3.8, 4) is 11.1 Å². The van der Waals surface area contributed by atoms with Crippen LogP contribution in [0, 0.1) is 9.39 Å². The molecule has 0 saturated heterocycles. The molecular weight excluding hydrogens is 488 g/mol. The molecule has 0 saturated carbocycles. The Hall–Kier alpha value is -1.64. The fourth-order valence-electron chi connectivity index (χ4n) is 3.07. The Balaban J connectivity index is 1.92. The maximum absolute atomic E-state index is 13.9. The van der Waals surface area contributed by atoms with Crippen LogP contribution in [0.4, 0.5) is 10.1 Å². The van der Waals surface area contributed by atoms with Gasteiger partial charge in [-0.15, -0.1) is 0 Å². The molecule has 1 aliphatic rings. The Morgan fingerprint density at radius 3 is 2.42 bits per heavy atom. The second-order valence-electron chi connectivity index (χ2n) is 5.93. The second kappa shape index (κ2) is 6.51. The summed E-state index contributed by atoms with van der Waals surface area (Å²) in [6.45, 7) is 0.190. The van der Waals surface area contributed by atoms with Crippen molar-refractivity contribution >= 4 is 49.9 Å². The fourth-order valence-corrected chi connectivity index (χ4v) is 5.15. The molecule has 132 valence electrons. The highest BCUT2D eigenvalue weighted by atomic mass is 127. The van der Waals surface area contributed by atoms with Gasteiger partial charge in [-0.25, -0.2) is 12.8 Å². The van der Waals surface area contributed by atoms with Gasteiger partial charge >= 0.3 is 0 Å². The lowest BCUT2D eigenvalue weighted by molar-refractivity contribution is 0.589. The van der Waals surface area contributed by atoms with Gasteiger partial charge < -0.3 is 0 Å². The first-order valence-corrected chi connectivity index (χ1v) is 10.6. The largest absolute Gasteiger partial charge is 0.264 e. The third kappa shape index (κ3) is 3.00. The van der Waals surface area contributed by atoms with Gasteiger partial charge in [0.2, 0.25) is 0 Å². The highest BCUT2D eigenvalue weighted by molar-refractivity contribution is 14.1. The molecule has 26 heavy (non-hydrogen) atoms. The molecule has 7 heteroatoms. The van der Waals surface area contributed by atoms with E-state index < -0.39 is 15.8 Å². The van der Waals surface area contributed by atoms with E-state index in [1.165, 1.54) is 34.6 Å². The summed E-state index contributed by atoms with van der Waals surface area (Å²) in [5.41, 5.74) is 2.73. The molecule has 4 rings (SSSR count). The minimum absolute atomic E-state index is 0.145. The number of sulfonamides is 1. The average Bonchev–Trinajstić information content (AvgIpc) is 2.61. The highest BCUT2D eigenvalue weighted by Crippen LogP contribution is 2.42. The van der Waals surface area contributed by atoms with Crippen molar-refractivity contribution in [2.45, 2.75) is 11.4 Å². The summed E-state index contributed by atoms with van der Waals surface area (Å²) in [5.74, 6) is -0.403. The molecule has 0 aromatic heterocycles. The van der Waals surface area contributed by atoms with Crippen LogP contribution in [0.3, 0.4) is 0 Å². The SMILES string of the molecule is O=S(=O)(c1ccc(Cl)cc1)N1Cc2ccc(I)cc2-c2cc(F)ccc21. The van der Waals surface area contributed by atoms with Gasteiger partial charge in [0.25, 0.3) is 10.0 Å². The van der Waals surface area contributed by atoms with E-state index in [2.05, 4.69) is 22.6 Å². The summed E-state index contributed by atoms with van der Waals surface area (Å²) in [6, 6.07) is 16.0. The maximum atomic E-state index is 13.9. The van der Waals surface area contributed by atoms with E-state index in [1.54, 1.807) is 12.1 Å². The molecule has 3 nitrogen and oxygen atoms in total. The zero-order valence-electron chi connectivity index (χ0n) is 13.3. The van der Waals surface area contributed by atoms with Crippen LogP contribution < -0.4 is 4.31 Å². The van der Waals surface area contributed by atoms with Crippen molar-refractivity contribution in [1.82, 2.24) is 0 Å². The number of rotatable bonds is 2. The van der Waals surface area contributed by atoms with E-state index in [1.807, 2.05) is 18.2 Å². The molecule has 0 unspecified atom stereocenters. The van der Waals surface area contributed by atoms with Crippen LogP contribution in [0.25, 0.3) is 11.1 Å². The van der Waals surface area contributed by atoms with Crippen molar-refractivity contribution in [1.29, 1.82) is 0 Å². The summed E-state index contributed by atoms with van der Waals surface area (Å²) in [7, 11) is -3.81. The van der Waals surface area contributed by atoms with Crippen molar-refractivity contribution in [2.24, 2.45) is 0 Å². The Morgan fingerprint density at radius 1 is 0.962 bits per heavy atom. The zero-order valence-corrected chi connectivity index (χ0v) is 17.0. The molecule has 3 aromatic rings. The van der Waals surface area contributed by atoms with Crippen LogP contribution in [0.1, 0.15) is 5.56 Å². The van der Waals surface area contributed by atoms with Crippen LogP contribution >= 0.6 is 34.2 Å². The molecule has 0 fully saturated rings. The van der Waals surface area contributed by atoms with E-state index in [0.717, 1.165) is 14.7 Å². The van der Waals surface area contributed by atoms with E-state index in [0.29, 0.717) is 16.3 Å². The summed E-state index contributed by atoms with van der Waals surface area (Å²) >= 11 is 8.07. The van der Waals surface area contributed by atoms with Crippen LogP contribution in [-0.2, 0) is 16.6 Å². The minimum atomic E-state index is -3.81. The quantitative estimate of drug-likeness (QED) is 0.439. The number of fused-ring (bicyclic) bond motifs is 3. The van der Waals surface area contributed by atoms with Crippen LogP contribution in [0.15, 0.2) is 65.6 Å². The predicted molar refractivity (Wildman–Crippen MR) is 109 cm³/mol. The first kappa shape index (κ1) is 17.8. The number of anilines is 1. The standard InChI is InChI=1S/C19H12ClFINO2S/c20-13-2-6-16(7-3-13)26(24,25)23-11-12-1-5-15(22)10-17(12)18-9-14(21)4-8-19(18)23/h1-10H,11H2. The molecule has 1 aliphatic heterocycles. The van der Waals surface area contributed by atoms with Crippen LogP contribution in [0.2, 0.25) is 5.02 Å². The minimum Gasteiger partial charge on any atom is -0.261 e. The Morgan fingerprint density at radius 2 is 1.69 bits per heavy atom. The highest BCUT2D eigenvalue weighted by Gasteiger charge is 2.32. The first-order chi connectivity index (χ1) is 12.4. The number of nitrogens with zero attached hydrogens (tertiary/aromatic N) is 1. The summed E-state index contributed by atoms with van der Waals surface area (Å²) in [4.78, 5) is 0.145. The molecular formula is C19H12ClFINO2S. The molecule has 3 aromatic carbocycles. The molecule has 0 atom stereocenters. The van der Waals surface area contributed by atoms with Crippen molar-refractivity contribution in [3.05, 3.63) is 80.6 Å². The van der Waals surface area contributed by atoms with Gasteiger partial charge in [-0.3, -0.25) is 4.31 Å². The predicted octanol–water partition coefficient (Wildman–Crippen LogP) is 5.46. The number of benzene rings is 3.